The summed E-state index contributed by atoms with van der Waals surface area (Å²) >= 11 is 0. The fourth-order valence-corrected chi connectivity index (χ4v) is 3.28. The summed E-state index contributed by atoms with van der Waals surface area (Å²) in [4.78, 5) is 10.9. The molecule has 0 atom stereocenters. The number of aromatic nitrogens is 2. The van der Waals surface area contributed by atoms with E-state index in [9.17, 15) is 13.2 Å². The number of hydrogen-bond donors (Lipinski definition) is 0. The van der Waals surface area contributed by atoms with Crippen LogP contribution in [0.3, 0.4) is 0 Å². The van der Waals surface area contributed by atoms with Gasteiger partial charge in [0.25, 0.3) is 10.0 Å². The standard InChI is InChI=1S/C14H10N2O3S/c17-10-11-6-7-14-12(8-11)9-15-16(14)20(18,19)13-4-2-1-3-5-13/h1-10H. The molecule has 0 amide bonds. The number of benzene rings is 2. The van der Waals surface area contributed by atoms with Gasteiger partial charge in [0.1, 0.15) is 6.29 Å². The van der Waals surface area contributed by atoms with Crippen LogP contribution >= 0.6 is 0 Å². The topological polar surface area (TPSA) is 69.0 Å². The molecule has 0 fully saturated rings. The van der Waals surface area contributed by atoms with Crippen molar-refractivity contribution in [3.05, 3.63) is 60.3 Å². The number of nitrogens with zero attached hydrogens (tertiary/aromatic N) is 2. The Morgan fingerprint density at radius 2 is 1.80 bits per heavy atom. The van der Waals surface area contributed by atoms with Gasteiger partial charge in [-0.15, -0.1) is 0 Å². The Labute approximate surface area is 115 Å². The van der Waals surface area contributed by atoms with Gasteiger partial charge >= 0.3 is 0 Å². The molecule has 0 saturated carbocycles. The van der Waals surface area contributed by atoms with E-state index in [0.717, 1.165) is 4.09 Å². The van der Waals surface area contributed by atoms with Crippen LogP contribution in [0, 0.1) is 0 Å². The summed E-state index contributed by atoms with van der Waals surface area (Å²) in [5.74, 6) is 0. The van der Waals surface area contributed by atoms with E-state index in [1.807, 2.05) is 0 Å². The minimum absolute atomic E-state index is 0.171. The molecule has 5 nitrogen and oxygen atoms in total. The number of fused-ring (bicyclic) bond motifs is 1. The van der Waals surface area contributed by atoms with Gasteiger partial charge in [-0.2, -0.15) is 17.6 Å². The second kappa shape index (κ2) is 4.57. The van der Waals surface area contributed by atoms with Crippen LogP contribution in [0.1, 0.15) is 10.4 Å². The van der Waals surface area contributed by atoms with Gasteiger partial charge in [-0.1, -0.05) is 18.2 Å². The van der Waals surface area contributed by atoms with E-state index < -0.39 is 10.0 Å². The number of hydrogen-bond acceptors (Lipinski definition) is 4. The minimum atomic E-state index is -3.72. The number of carbonyl (C=O) groups excluding carboxylic acids is 1. The van der Waals surface area contributed by atoms with Crippen LogP contribution in [0.4, 0.5) is 0 Å². The van der Waals surface area contributed by atoms with Gasteiger partial charge in [-0.25, -0.2) is 0 Å². The van der Waals surface area contributed by atoms with Gasteiger partial charge in [-0.3, -0.25) is 4.79 Å². The molecule has 1 heterocycles. The van der Waals surface area contributed by atoms with E-state index in [0.29, 0.717) is 22.8 Å². The highest BCUT2D eigenvalue weighted by molar-refractivity contribution is 7.90. The van der Waals surface area contributed by atoms with Gasteiger partial charge in [0.05, 0.1) is 16.6 Å². The lowest BCUT2D eigenvalue weighted by atomic mass is 10.2. The molecule has 3 rings (SSSR count). The van der Waals surface area contributed by atoms with Crippen molar-refractivity contribution in [2.75, 3.05) is 0 Å². The summed E-state index contributed by atoms with van der Waals surface area (Å²) in [6.45, 7) is 0. The van der Waals surface area contributed by atoms with Gasteiger partial charge in [0.15, 0.2) is 0 Å². The molecule has 0 unspecified atom stereocenters. The van der Waals surface area contributed by atoms with Crippen molar-refractivity contribution in [2.45, 2.75) is 4.90 Å². The van der Waals surface area contributed by atoms with Crippen LogP contribution in [0.2, 0.25) is 0 Å². The second-order valence-electron chi connectivity index (χ2n) is 4.24. The third-order valence-electron chi connectivity index (χ3n) is 2.96. The molecule has 0 saturated heterocycles. The normalized spacial score (nSPS) is 11.6. The summed E-state index contributed by atoms with van der Waals surface area (Å²) in [5.41, 5.74) is 0.925. The molecule has 0 aliphatic rings. The number of rotatable bonds is 3. The molecule has 0 N–H and O–H groups in total. The maximum Gasteiger partial charge on any atom is 0.283 e. The lowest BCUT2D eigenvalue weighted by Crippen LogP contribution is -2.14. The average Bonchev–Trinajstić information content (AvgIpc) is 2.91. The molecule has 0 aliphatic carbocycles. The van der Waals surface area contributed by atoms with Gasteiger partial charge in [0, 0.05) is 10.9 Å². The first kappa shape index (κ1) is 12.6. The third-order valence-corrected chi connectivity index (χ3v) is 4.58. The first-order valence-corrected chi connectivity index (χ1v) is 7.30. The summed E-state index contributed by atoms with van der Waals surface area (Å²) < 4.78 is 26.0. The first-order valence-electron chi connectivity index (χ1n) is 5.86. The fraction of sp³-hybridized carbons (Fsp3) is 0. The van der Waals surface area contributed by atoms with Crippen molar-refractivity contribution in [2.24, 2.45) is 0 Å². The second-order valence-corrected chi connectivity index (χ2v) is 6.01. The highest BCUT2D eigenvalue weighted by Gasteiger charge is 2.19. The summed E-state index contributed by atoms with van der Waals surface area (Å²) in [6, 6.07) is 12.8. The third kappa shape index (κ3) is 1.90. The van der Waals surface area contributed by atoms with Crippen molar-refractivity contribution in [3.63, 3.8) is 0 Å². The van der Waals surface area contributed by atoms with Crippen molar-refractivity contribution < 1.29 is 13.2 Å². The molecule has 6 heteroatoms. The maximum atomic E-state index is 12.5. The van der Waals surface area contributed by atoms with Crippen LogP contribution in [0.15, 0.2) is 59.6 Å². The molecule has 100 valence electrons. The largest absolute Gasteiger partial charge is 0.298 e. The summed E-state index contributed by atoms with van der Waals surface area (Å²) in [5, 5.41) is 4.54. The Hall–Kier alpha value is -2.47. The van der Waals surface area contributed by atoms with Crippen molar-refractivity contribution >= 4 is 27.2 Å². The lowest BCUT2D eigenvalue weighted by Gasteiger charge is -2.05. The van der Waals surface area contributed by atoms with Gasteiger partial charge in [0.2, 0.25) is 0 Å². The Kier molecular flexibility index (Phi) is 2.87. The summed E-state index contributed by atoms with van der Waals surface area (Å²) in [6.07, 6.45) is 2.14. The molecule has 0 aliphatic heterocycles. The SMILES string of the molecule is O=Cc1ccc2c(cnn2S(=O)(=O)c2ccccc2)c1. The van der Waals surface area contributed by atoms with Crippen LogP contribution in [0.5, 0.6) is 0 Å². The van der Waals surface area contributed by atoms with E-state index in [2.05, 4.69) is 5.10 Å². The number of carbonyl (C=O) groups is 1. The Morgan fingerprint density at radius 3 is 2.50 bits per heavy atom. The molecule has 3 aromatic rings. The van der Waals surface area contributed by atoms with E-state index in [4.69, 9.17) is 0 Å². The van der Waals surface area contributed by atoms with Gasteiger partial charge in [-0.05, 0) is 30.3 Å². The summed E-state index contributed by atoms with van der Waals surface area (Å²) in [7, 11) is -3.72. The Bertz CT molecular complexity index is 883. The number of aldehydes is 1. The van der Waals surface area contributed by atoms with Crippen LogP contribution in [0.25, 0.3) is 10.9 Å². The molecule has 20 heavy (non-hydrogen) atoms. The molecule has 0 radical (unpaired) electrons. The monoisotopic (exact) mass is 286 g/mol. The van der Waals surface area contributed by atoms with E-state index >= 15 is 0 Å². The van der Waals surface area contributed by atoms with E-state index in [1.165, 1.54) is 18.3 Å². The Balaban J connectivity index is 2.23. The minimum Gasteiger partial charge on any atom is -0.298 e. The zero-order chi connectivity index (χ0) is 14.2. The molecule has 0 spiro atoms. The predicted octanol–water partition coefficient (Wildman–Crippen LogP) is 2.09. The highest BCUT2D eigenvalue weighted by atomic mass is 32.2. The van der Waals surface area contributed by atoms with E-state index in [1.54, 1.807) is 36.4 Å². The zero-order valence-electron chi connectivity index (χ0n) is 10.3. The smallest absolute Gasteiger partial charge is 0.283 e. The van der Waals surface area contributed by atoms with Crippen LogP contribution in [-0.4, -0.2) is 23.9 Å². The van der Waals surface area contributed by atoms with Gasteiger partial charge < -0.3 is 0 Å². The molecular formula is C14H10N2O3S. The highest BCUT2D eigenvalue weighted by Crippen LogP contribution is 2.20. The zero-order valence-corrected chi connectivity index (χ0v) is 11.1. The lowest BCUT2D eigenvalue weighted by molar-refractivity contribution is 0.112. The molecular weight excluding hydrogens is 276 g/mol. The van der Waals surface area contributed by atoms with Crippen LogP contribution in [-0.2, 0) is 10.0 Å². The average molecular weight is 286 g/mol. The van der Waals surface area contributed by atoms with E-state index in [-0.39, 0.29) is 4.90 Å². The first-order chi connectivity index (χ1) is 9.63. The quantitative estimate of drug-likeness (QED) is 0.691. The van der Waals surface area contributed by atoms with Crippen molar-refractivity contribution in [1.82, 2.24) is 9.19 Å². The van der Waals surface area contributed by atoms with Crippen LogP contribution < -0.4 is 0 Å². The molecule has 0 bridgehead atoms. The van der Waals surface area contributed by atoms with Crippen molar-refractivity contribution in [1.29, 1.82) is 0 Å². The molecule has 1 aromatic heterocycles. The molecule has 2 aromatic carbocycles. The Morgan fingerprint density at radius 1 is 1.05 bits per heavy atom. The maximum absolute atomic E-state index is 12.5. The fourth-order valence-electron chi connectivity index (χ4n) is 1.98. The van der Waals surface area contributed by atoms with Crippen molar-refractivity contribution in [3.8, 4) is 0 Å². The predicted molar refractivity (Wildman–Crippen MR) is 74.1 cm³/mol.